The van der Waals surface area contributed by atoms with E-state index >= 15 is 0 Å². The monoisotopic (exact) mass is 456 g/mol. The van der Waals surface area contributed by atoms with Crippen molar-refractivity contribution in [1.29, 1.82) is 0 Å². The van der Waals surface area contributed by atoms with E-state index in [1.165, 1.54) is 0 Å². The zero-order valence-electron chi connectivity index (χ0n) is 14.9. The number of sulfonamides is 1. The summed E-state index contributed by atoms with van der Waals surface area (Å²) in [5, 5.41) is 1.99. The first-order valence-corrected chi connectivity index (χ1v) is 9.42. The summed E-state index contributed by atoms with van der Waals surface area (Å²) < 4.78 is 140. The van der Waals surface area contributed by atoms with Crippen LogP contribution < -0.4 is 0 Å². The Morgan fingerprint density at radius 1 is 0.786 bits per heavy atom. The second kappa shape index (κ2) is 9.34. The Balaban J connectivity index is 5.85. The van der Waals surface area contributed by atoms with Gasteiger partial charge in [0, 0.05) is 13.1 Å². The van der Waals surface area contributed by atoms with Crippen LogP contribution in [0.15, 0.2) is 0 Å². The molecule has 0 fully saturated rings. The predicted octanol–water partition coefficient (Wildman–Crippen LogP) is 2.77. The third-order valence-corrected chi connectivity index (χ3v) is 5.85. The van der Waals surface area contributed by atoms with Crippen LogP contribution >= 0.6 is 0 Å². The Morgan fingerprint density at radius 2 is 1.25 bits per heavy atom. The van der Waals surface area contributed by atoms with Crippen LogP contribution in [0.25, 0.3) is 0 Å². The molecule has 170 valence electrons. The molecule has 0 atom stereocenters. The van der Waals surface area contributed by atoms with E-state index in [1.54, 1.807) is 18.7 Å². The number of rotatable bonds is 12. The molecule has 0 unspecified atom stereocenters. The van der Waals surface area contributed by atoms with Crippen molar-refractivity contribution in [3.05, 3.63) is 0 Å². The number of hydrogen-bond acceptors (Lipinski definition) is 4. The van der Waals surface area contributed by atoms with Crippen LogP contribution in [0.2, 0.25) is 0 Å². The molecule has 0 aromatic heterocycles. The van der Waals surface area contributed by atoms with Crippen LogP contribution in [0.1, 0.15) is 20.3 Å². The lowest BCUT2D eigenvalue weighted by molar-refractivity contribution is -0.382. The average Bonchev–Trinajstić information content (AvgIpc) is 2.56. The van der Waals surface area contributed by atoms with Crippen molar-refractivity contribution < 1.29 is 53.0 Å². The molecular weight excluding hydrogens is 435 g/mol. The predicted molar refractivity (Wildman–Crippen MR) is 80.9 cm³/mol. The van der Waals surface area contributed by atoms with Crippen molar-refractivity contribution >= 4 is 10.0 Å². The molecule has 0 aromatic rings. The van der Waals surface area contributed by atoms with E-state index in [2.05, 4.69) is 0 Å². The van der Waals surface area contributed by atoms with E-state index in [0.717, 1.165) is 0 Å². The summed E-state index contributed by atoms with van der Waals surface area (Å²) in [6.45, 7) is 1.21. The van der Waals surface area contributed by atoms with Gasteiger partial charge in [0.15, 0.2) is 0 Å². The molecule has 0 rings (SSSR count). The summed E-state index contributed by atoms with van der Waals surface area (Å²) >= 11 is 0. The standard InChI is InChI=1S/C13H21F9N2O3S/c1-3-23(4-2)6-5-7-24(8-9-25)28(26,27)13(21,22)11(16,17)10(14,15)12(18,19)20/h25H,3-9H2,1-2H3. The Hall–Kier alpha value is -0.800. The molecule has 1 N–H and O–H groups in total. The summed E-state index contributed by atoms with van der Waals surface area (Å²) in [4.78, 5) is 1.69. The molecule has 28 heavy (non-hydrogen) atoms. The molecule has 0 heterocycles. The van der Waals surface area contributed by atoms with Gasteiger partial charge in [0.2, 0.25) is 0 Å². The van der Waals surface area contributed by atoms with Gasteiger partial charge in [-0.15, -0.1) is 0 Å². The average molecular weight is 456 g/mol. The van der Waals surface area contributed by atoms with Crippen LogP contribution in [-0.2, 0) is 10.0 Å². The fourth-order valence-corrected chi connectivity index (χ4v) is 3.63. The number of halogens is 9. The van der Waals surface area contributed by atoms with Crippen molar-refractivity contribution in [3.8, 4) is 0 Å². The fraction of sp³-hybridized carbons (Fsp3) is 1.00. The highest BCUT2D eigenvalue weighted by molar-refractivity contribution is 7.90. The maximum atomic E-state index is 13.8. The maximum absolute atomic E-state index is 13.8. The van der Waals surface area contributed by atoms with Crippen LogP contribution in [0, 0.1) is 0 Å². The van der Waals surface area contributed by atoms with Gasteiger partial charge in [0.25, 0.3) is 10.0 Å². The highest BCUT2D eigenvalue weighted by Crippen LogP contribution is 2.55. The van der Waals surface area contributed by atoms with E-state index in [1.807, 2.05) is 0 Å². The van der Waals surface area contributed by atoms with Crippen LogP contribution in [-0.4, -0.2) is 85.3 Å². The second-order valence-corrected chi connectivity index (χ2v) is 7.65. The SMILES string of the molecule is CCN(CC)CCCN(CCO)S(=O)(=O)C(F)(F)C(F)(F)C(F)(F)C(F)(F)F. The molecule has 5 nitrogen and oxygen atoms in total. The van der Waals surface area contributed by atoms with Crippen molar-refractivity contribution in [1.82, 2.24) is 9.21 Å². The van der Waals surface area contributed by atoms with E-state index in [-0.39, 0.29) is 13.0 Å². The summed E-state index contributed by atoms with van der Waals surface area (Å²) in [5.74, 6) is -14.6. The van der Waals surface area contributed by atoms with Gasteiger partial charge >= 0.3 is 23.3 Å². The van der Waals surface area contributed by atoms with E-state index in [4.69, 9.17) is 5.11 Å². The normalized spacial score (nSPS) is 14.9. The molecule has 0 aliphatic rings. The smallest absolute Gasteiger partial charge is 0.395 e. The van der Waals surface area contributed by atoms with Gasteiger partial charge in [-0.25, -0.2) is 8.42 Å². The zero-order valence-corrected chi connectivity index (χ0v) is 15.7. The third-order valence-electron chi connectivity index (χ3n) is 3.91. The first-order valence-electron chi connectivity index (χ1n) is 7.98. The Bertz CT molecular complexity index is 593. The van der Waals surface area contributed by atoms with Gasteiger partial charge in [0.1, 0.15) is 0 Å². The van der Waals surface area contributed by atoms with Crippen LogP contribution in [0.5, 0.6) is 0 Å². The minimum Gasteiger partial charge on any atom is -0.395 e. The van der Waals surface area contributed by atoms with Crippen molar-refractivity contribution in [3.63, 3.8) is 0 Å². The van der Waals surface area contributed by atoms with E-state index < -0.39 is 57.3 Å². The molecule has 0 aliphatic carbocycles. The molecule has 15 heteroatoms. The zero-order chi connectivity index (χ0) is 22.6. The number of nitrogens with zero attached hydrogens (tertiary/aromatic N) is 2. The van der Waals surface area contributed by atoms with Gasteiger partial charge in [-0.2, -0.15) is 43.8 Å². The molecule has 0 bridgehead atoms. The molecule has 0 aromatic carbocycles. The highest BCUT2D eigenvalue weighted by Gasteiger charge is 2.85. The Labute approximate surface area is 156 Å². The lowest BCUT2D eigenvalue weighted by atomic mass is 10.1. The van der Waals surface area contributed by atoms with Crippen molar-refractivity contribution in [2.75, 3.05) is 39.3 Å². The molecule has 0 saturated carbocycles. The van der Waals surface area contributed by atoms with E-state index in [0.29, 0.717) is 13.1 Å². The third kappa shape index (κ3) is 5.02. The van der Waals surface area contributed by atoms with Crippen molar-refractivity contribution in [2.24, 2.45) is 0 Å². The first kappa shape index (κ1) is 27.2. The minimum atomic E-state index is -7.32. The van der Waals surface area contributed by atoms with Gasteiger partial charge < -0.3 is 10.0 Å². The first-order chi connectivity index (χ1) is 12.5. The Morgan fingerprint density at radius 3 is 1.61 bits per heavy atom. The number of aliphatic hydroxyl groups excluding tert-OH is 1. The quantitative estimate of drug-likeness (QED) is 0.459. The molecule has 0 saturated heterocycles. The topological polar surface area (TPSA) is 60.9 Å². The lowest BCUT2D eigenvalue weighted by Crippen LogP contribution is -2.65. The maximum Gasteiger partial charge on any atom is 0.460 e. The number of hydrogen-bond donors (Lipinski definition) is 1. The summed E-state index contributed by atoms with van der Waals surface area (Å²) in [6.07, 6.45) is -7.35. The largest absolute Gasteiger partial charge is 0.460 e. The van der Waals surface area contributed by atoms with E-state index in [9.17, 15) is 47.9 Å². The molecule has 0 radical (unpaired) electrons. The van der Waals surface area contributed by atoms with Crippen molar-refractivity contribution in [2.45, 2.75) is 43.5 Å². The molecule has 0 spiro atoms. The fourth-order valence-electron chi connectivity index (χ4n) is 2.16. The minimum absolute atomic E-state index is 0.102. The summed E-state index contributed by atoms with van der Waals surface area (Å²) in [7, 11) is -6.68. The lowest BCUT2D eigenvalue weighted by Gasteiger charge is -2.35. The van der Waals surface area contributed by atoms with Gasteiger partial charge in [-0.05, 0) is 26.1 Å². The van der Waals surface area contributed by atoms with Gasteiger partial charge in [-0.3, -0.25) is 0 Å². The molecule has 0 amide bonds. The second-order valence-electron chi connectivity index (χ2n) is 5.67. The summed E-state index contributed by atoms with van der Waals surface area (Å²) in [6, 6.07) is 0. The molecular formula is C13H21F9N2O3S. The number of aliphatic hydroxyl groups is 1. The van der Waals surface area contributed by atoms with Gasteiger partial charge in [-0.1, -0.05) is 13.8 Å². The Kier molecular flexibility index (Phi) is 9.08. The number of alkyl halides is 9. The van der Waals surface area contributed by atoms with Crippen LogP contribution in [0.4, 0.5) is 39.5 Å². The summed E-state index contributed by atoms with van der Waals surface area (Å²) in [5.41, 5.74) is 0. The highest BCUT2D eigenvalue weighted by atomic mass is 32.2. The molecule has 0 aliphatic heterocycles. The van der Waals surface area contributed by atoms with Gasteiger partial charge in [0.05, 0.1) is 6.61 Å². The van der Waals surface area contributed by atoms with Crippen LogP contribution in [0.3, 0.4) is 0 Å².